The van der Waals surface area contributed by atoms with Gasteiger partial charge in [0.25, 0.3) is 0 Å². The van der Waals surface area contributed by atoms with Crippen molar-refractivity contribution >= 4 is 34.1 Å². The summed E-state index contributed by atoms with van der Waals surface area (Å²) in [6.45, 7) is 1.98. The molecule has 0 aliphatic carbocycles. The first-order valence-corrected chi connectivity index (χ1v) is 10.1. The molecule has 6 heteroatoms. The predicted octanol–water partition coefficient (Wildman–Crippen LogP) is 5.48. The topological polar surface area (TPSA) is 54.9 Å². The number of nitrogens with zero attached hydrogens (tertiary/aromatic N) is 2. The SMILES string of the molecule is Cc1cccc(NC(=O)CSc2nnc(-c3ccc(F)cc3)c3ccccc23)c1. The fourth-order valence-electron chi connectivity index (χ4n) is 3.06. The van der Waals surface area contributed by atoms with Gasteiger partial charge < -0.3 is 5.32 Å². The van der Waals surface area contributed by atoms with E-state index in [1.165, 1.54) is 23.9 Å². The van der Waals surface area contributed by atoms with E-state index in [4.69, 9.17) is 0 Å². The average Bonchev–Trinajstić information content (AvgIpc) is 2.73. The lowest BCUT2D eigenvalue weighted by atomic mass is 10.1. The Balaban J connectivity index is 1.56. The summed E-state index contributed by atoms with van der Waals surface area (Å²) in [5.74, 6) is -0.172. The summed E-state index contributed by atoms with van der Waals surface area (Å²) >= 11 is 1.34. The number of nitrogens with one attached hydrogen (secondary N) is 1. The number of benzene rings is 3. The number of hydrogen-bond donors (Lipinski definition) is 1. The number of halogens is 1. The zero-order valence-electron chi connectivity index (χ0n) is 15.7. The van der Waals surface area contributed by atoms with Crippen molar-refractivity contribution < 1.29 is 9.18 Å². The molecule has 1 aromatic heterocycles. The molecule has 0 atom stereocenters. The zero-order valence-corrected chi connectivity index (χ0v) is 16.5. The lowest BCUT2D eigenvalue weighted by Crippen LogP contribution is -2.14. The summed E-state index contributed by atoms with van der Waals surface area (Å²) in [6.07, 6.45) is 0. The summed E-state index contributed by atoms with van der Waals surface area (Å²) in [6, 6.07) is 21.6. The number of rotatable bonds is 5. The van der Waals surface area contributed by atoms with Crippen LogP contribution in [0.2, 0.25) is 0 Å². The first-order chi connectivity index (χ1) is 14.1. The van der Waals surface area contributed by atoms with E-state index in [9.17, 15) is 9.18 Å². The fraction of sp³-hybridized carbons (Fsp3) is 0.0870. The monoisotopic (exact) mass is 403 g/mol. The van der Waals surface area contributed by atoms with Gasteiger partial charge in [0.2, 0.25) is 5.91 Å². The predicted molar refractivity (Wildman–Crippen MR) is 115 cm³/mol. The molecule has 4 aromatic rings. The van der Waals surface area contributed by atoms with E-state index in [1.807, 2.05) is 55.5 Å². The Kier molecular flexibility index (Phi) is 5.53. The standard InChI is InChI=1S/C23H18FN3OS/c1-15-5-4-6-18(13-15)25-21(28)14-29-23-20-8-3-2-7-19(20)22(26-27-23)16-9-11-17(24)12-10-16/h2-13H,14H2,1H3,(H,25,28). The van der Waals surface area contributed by atoms with Crippen molar-refractivity contribution in [2.45, 2.75) is 11.9 Å². The number of thioether (sulfide) groups is 1. The van der Waals surface area contributed by atoms with E-state index < -0.39 is 0 Å². The Morgan fingerprint density at radius 3 is 2.48 bits per heavy atom. The molecule has 0 aliphatic heterocycles. The lowest BCUT2D eigenvalue weighted by Gasteiger charge is -2.10. The van der Waals surface area contributed by atoms with Crippen molar-refractivity contribution in [3.8, 4) is 11.3 Å². The van der Waals surface area contributed by atoms with Gasteiger partial charge in [0.05, 0.1) is 5.75 Å². The Labute approximate surface area is 172 Å². The number of carbonyl (C=O) groups excluding carboxylic acids is 1. The van der Waals surface area contributed by atoms with Crippen LogP contribution < -0.4 is 5.32 Å². The highest BCUT2D eigenvalue weighted by atomic mass is 32.2. The Bertz CT molecular complexity index is 1180. The molecule has 29 heavy (non-hydrogen) atoms. The molecule has 3 aromatic carbocycles. The maximum Gasteiger partial charge on any atom is 0.234 e. The molecule has 0 saturated heterocycles. The quantitative estimate of drug-likeness (QED) is 0.449. The van der Waals surface area contributed by atoms with Crippen LogP contribution in [0.25, 0.3) is 22.0 Å². The third-order valence-electron chi connectivity index (χ3n) is 4.41. The highest BCUT2D eigenvalue weighted by Gasteiger charge is 2.13. The van der Waals surface area contributed by atoms with Gasteiger partial charge in [-0.15, -0.1) is 10.2 Å². The molecule has 0 spiro atoms. The largest absolute Gasteiger partial charge is 0.325 e. The summed E-state index contributed by atoms with van der Waals surface area (Å²) in [5, 5.41) is 14.1. The van der Waals surface area contributed by atoms with Gasteiger partial charge >= 0.3 is 0 Å². The maximum atomic E-state index is 13.3. The minimum absolute atomic E-state index is 0.103. The second-order valence-corrected chi connectivity index (χ2v) is 7.58. The van der Waals surface area contributed by atoms with E-state index >= 15 is 0 Å². The molecule has 1 N–H and O–H groups in total. The molecule has 0 fully saturated rings. The highest BCUT2D eigenvalue weighted by molar-refractivity contribution is 8.00. The first kappa shape index (κ1) is 19.1. The molecule has 0 unspecified atom stereocenters. The molecule has 4 nitrogen and oxygen atoms in total. The Hall–Kier alpha value is -3.25. The van der Waals surface area contributed by atoms with Crippen molar-refractivity contribution in [3.63, 3.8) is 0 Å². The summed E-state index contributed by atoms with van der Waals surface area (Å²) in [7, 11) is 0. The van der Waals surface area contributed by atoms with Crippen LogP contribution in [-0.4, -0.2) is 21.9 Å². The van der Waals surface area contributed by atoms with E-state index in [-0.39, 0.29) is 17.5 Å². The van der Waals surface area contributed by atoms with Crippen LogP contribution in [0, 0.1) is 12.7 Å². The van der Waals surface area contributed by atoms with E-state index in [0.29, 0.717) is 10.7 Å². The van der Waals surface area contributed by atoms with Crippen molar-refractivity contribution in [1.29, 1.82) is 0 Å². The molecule has 144 valence electrons. The van der Waals surface area contributed by atoms with Crippen LogP contribution in [0.4, 0.5) is 10.1 Å². The molecule has 4 rings (SSSR count). The molecule has 1 amide bonds. The van der Waals surface area contributed by atoms with Crippen LogP contribution >= 0.6 is 11.8 Å². The maximum absolute atomic E-state index is 13.3. The minimum Gasteiger partial charge on any atom is -0.325 e. The second kappa shape index (κ2) is 8.41. The van der Waals surface area contributed by atoms with Crippen LogP contribution in [0.15, 0.2) is 77.8 Å². The van der Waals surface area contributed by atoms with Crippen molar-refractivity contribution in [1.82, 2.24) is 10.2 Å². The molecule has 1 heterocycles. The molecular weight excluding hydrogens is 385 g/mol. The number of carbonyl (C=O) groups is 1. The minimum atomic E-state index is -0.294. The zero-order chi connectivity index (χ0) is 20.2. The number of amides is 1. The smallest absolute Gasteiger partial charge is 0.234 e. The summed E-state index contributed by atoms with van der Waals surface area (Å²) < 4.78 is 13.3. The van der Waals surface area contributed by atoms with Gasteiger partial charge in [-0.05, 0) is 48.9 Å². The van der Waals surface area contributed by atoms with Gasteiger partial charge in [0.15, 0.2) is 0 Å². The van der Waals surface area contributed by atoms with E-state index in [1.54, 1.807) is 12.1 Å². The first-order valence-electron chi connectivity index (χ1n) is 9.11. The Morgan fingerprint density at radius 2 is 1.72 bits per heavy atom. The van der Waals surface area contributed by atoms with Crippen LogP contribution in [0.3, 0.4) is 0 Å². The van der Waals surface area contributed by atoms with Gasteiger partial charge in [-0.1, -0.05) is 48.2 Å². The number of aryl methyl sites for hydroxylation is 1. The average molecular weight is 403 g/mol. The summed E-state index contributed by atoms with van der Waals surface area (Å²) in [5.41, 5.74) is 3.35. The van der Waals surface area contributed by atoms with E-state index in [0.717, 1.165) is 27.6 Å². The third kappa shape index (κ3) is 4.43. The third-order valence-corrected chi connectivity index (χ3v) is 5.39. The molecule has 0 radical (unpaired) electrons. The van der Waals surface area contributed by atoms with Gasteiger partial charge in [0, 0.05) is 22.0 Å². The molecular formula is C23H18FN3OS. The second-order valence-electron chi connectivity index (χ2n) is 6.61. The molecule has 0 saturated carbocycles. The highest BCUT2D eigenvalue weighted by Crippen LogP contribution is 2.31. The normalized spacial score (nSPS) is 10.8. The molecule has 0 bridgehead atoms. The number of aromatic nitrogens is 2. The number of anilines is 1. The van der Waals surface area contributed by atoms with Crippen LogP contribution in [0.1, 0.15) is 5.56 Å². The van der Waals surface area contributed by atoms with Crippen molar-refractivity contribution in [2.24, 2.45) is 0 Å². The number of fused-ring (bicyclic) bond motifs is 1. The van der Waals surface area contributed by atoms with Crippen LogP contribution in [-0.2, 0) is 4.79 Å². The molecule has 0 aliphatic rings. The van der Waals surface area contributed by atoms with Gasteiger partial charge in [0.1, 0.15) is 16.5 Å². The van der Waals surface area contributed by atoms with Gasteiger partial charge in [-0.3, -0.25) is 4.79 Å². The van der Waals surface area contributed by atoms with Crippen molar-refractivity contribution in [3.05, 3.63) is 84.2 Å². The number of hydrogen-bond acceptors (Lipinski definition) is 4. The van der Waals surface area contributed by atoms with Gasteiger partial charge in [-0.2, -0.15) is 0 Å². The Morgan fingerprint density at radius 1 is 0.966 bits per heavy atom. The lowest BCUT2D eigenvalue weighted by molar-refractivity contribution is -0.113. The summed E-state index contributed by atoms with van der Waals surface area (Å²) in [4.78, 5) is 12.3. The fourth-order valence-corrected chi connectivity index (χ4v) is 3.83. The van der Waals surface area contributed by atoms with Crippen LogP contribution in [0.5, 0.6) is 0 Å². The van der Waals surface area contributed by atoms with Crippen molar-refractivity contribution in [2.75, 3.05) is 11.1 Å². The van der Waals surface area contributed by atoms with E-state index in [2.05, 4.69) is 15.5 Å². The van der Waals surface area contributed by atoms with Gasteiger partial charge in [-0.25, -0.2) is 4.39 Å².